The van der Waals surface area contributed by atoms with Gasteiger partial charge in [0, 0.05) is 5.02 Å². The fraction of sp³-hybridized carbons (Fsp3) is 0.125. The summed E-state index contributed by atoms with van der Waals surface area (Å²) >= 11 is 5.54. The number of rotatable bonds is 2. The van der Waals surface area contributed by atoms with Crippen LogP contribution in [0, 0.1) is 0 Å². The number of carboxylic acids is 1. The molecule has 1 aromatic rings. The van der Waals surface area contributed by atoms with Crippen molar-refractivity contribution in [1.82, 2.24) is 0 Å². The van der Waals surface area contributed by atoms with Gasteiger partial charge in [0.05, 0.1) is 5.56 Å². The Kier molecular flexibility index (Phi) is 2.65. The third kappa shape index (κ3) is 1.74. The van der Waals surface area contributed by atoms with Gasteiger partial charge >= 0.3 is 5.97 Å². The van der Waals surface area contributed by atoms with Crippen molar-refractivity contribution in [1.29, 1.82) is 0 Å². The zero-order valence-corrected chi connectivity index (χ0v) is 6.81. The maximum atomic E-state index is 12.2. The van der Waals surface area contributed by atoms with Crippen LogP contribution in [0.1, 0.15) is 15.9 Å². The van der Waals surface area contributed by atoms with Crippen LogP contribution in [0.3, 0.4) is 0 Å². The van der Waals surface area contributed by atoms with Crippen molar-refractivity contribution < 1.29 is 14.3 Å². The van der Waals surface area contributed by atoms with Gasteiger partial charge in [-0.3, -0.25) is 0 Å². The SMILES string of the molecule is O=C(O)c1ccc(Cl)cc1CF. The standard InChI is InChI=1S/C8H6ClFO2/c9-6-1-2-7(8(11)12)5(3-6)4-10/h1-3H,4H2,(H,11,12). The Morgan fingerprint density at radius 2 is 2.25 bits per heavy atom. The molecule has 0 saturated carbocycles. The molecule has 64 valence electrons. The van der Waals surface area contributed by atoms with E-state index in [1.807, 2.05) is 0 Å². The van der Waals surface area contributed by atoms with E-state index in [9.17, 15) is 9.18 Å². The summed E-state index contributed by atoms with van der Waals surface area (Å²) in [5.74, 6) is -1.14. The molecular formula is C8H6ClFO2. The van der Waals surface area contributed by atoms with Gasteiger partial charge < -0.3 is 5.11 Å². The molecule has 0 fully saturated rings. The van der Waals surface area contributed by atoms with Crippen LogP contribution < -0.4 is 0 Å². The van der Waals surface area contributed by atoms with E-state index in [-0.39, 0.29) is 11.1 Å². The predicted octanol–water partition coefficient (Wildman–Crippen LogP) is 2.51. The van der Waals surface area contributed by atoms with Crippen LogP contribution in [0.5, 0.6) is 0 Å². The minimum Gasteiger partial charge on any atom is -0.478 e. The fourth-order valence-electron chi connectivity index (χ4n) is 0.881. The van der Waals surface area contributed by atoms with Crippen molar-refractivity contribution in [2.24, 2.45) is 0 Å². The molecule has 0 heterocycles. The van der Waals surface area contributed by atoms with Crippen LogP contribution in [0.4, 0.5) is 4.39 Å². The van der Waals surface area contributed by atoms with Gasteiger partial charge in [0.1, 0.15) is 6.67 Å². The van der Waals surface area contributed by atoms with Gasteiger partial charge in [-0.1, -0.05) is 11.6 Å². The summed E-state index contributed by atoms with van der Waals surface area (Å²) in [7, 11) is 0. The monoisotopic (exact) mass is 188 g/mol. The Morgan fingerprint density at radius 1 is 1.58 bits per heavy atom. The number of carbonyl (C=O) groups is 1. The number of benzene rings is 1. The van der Waals surface area contributed by atoms with Crippen molar-refractivity contribution in [2.75, 3.05) is 0 Å². The molecule has 1 aromatic carbocycles. The normalized spacial score (nSPS) is 9.83. The highest BCUT2D eigenvalue weighted by Crippen LogP contribution is 2.16. The summed E-state index contributed by atoms with van der Waals surface area (Å²) in [5.41, 5.74) is 0.0666. The second-order valence-corrected chi connectivity index (χ2v) is 2.68. The van der Waals surface area contributed by atoms with Gasteiger partial charge in [-0.2, -0.15) is 0 Å². The average molecular weight is 189 g/mol. The molecule has 0 spiro atoms. The second kappa shape index (κ2) is 3.54. The van der Waals surface area contributed by atoms with Gasteiger partial charge in [0.15, 0.2) is 0 Å². The molecule has 0 aliphatic heterocycles. The number of hydrogen-bond donors (Lipinski definition) is 1. The first-order valence-electron chi connectivity index (χ1n) is 3.23. The smallest absolute Gasteiger partial charge is 0.336 e. The molecule has 1 N–H and O–H groups in total. The number of alkyl halides is 1. The van der Waals surface area contributed by atoms with Gasteiger partial charge in [0.25, 0.3) is 0 Å². The largest absolute Gasteiger partial charge is 0.478 e. The lowest BCUT2D eigenvalue weighted by Gasteiger charge is -2.00. The van der Waals surface area contributed by atoms with Gasteiger partial charge in [-0.05, 0) is 23.8 Å². The lowest BCUT2D eigenvalue weighted by atomic mass is 10.1. The molecule has 0 aliphatic carbocycles. The summed E-state index contributed by atoms with van der Waals surface area (Å²) in [6.45, 7) is -0.817. The molecule has 0 aromatic heterocycles. The zero-order chi connectivity index (χ0) is 9.14. The quantitative estimate of drug-likeness (QED) is 0.774. The number of halogens is 2. The summed E-state index contributed by atoms with van der Waals surface area (Å²) in [6, 6.07) is 4.02. The molecule has 4 heteroatoms. The Bertz CT molecular complexity index is 312. The Balaban J connectivity index is 3.20. The summed E-state index contributed by atoms with van der Waals surface area (Å²) < 4.78 is 12.2. The maximum Gasteiger partial charge on any atom is 0.336 e. The van der Waals surface area contributed by atoms with Crippen LogP contribution in [0.2, 0.25) is 5.02 Å². The van der Waals surface area contributed by atoms with Crippen molar-refractivity contribution >= 4 is 17.6 Å². The molecule has 12 heavy (non-hydrogen) atoms. The third-order valence-electron chi connectivity index (χ3n) is 1.44. The lowest BCUT2D eigenvalue weighted by Crippen LogP contribution is -2.00. The van der Waals surface area contributed by atoms with Crippen LogP contribution in [-0.2, 0) is 6.67 Å². The van der Waals surface area contributed by atoms with E-state index in [1.165, 1.54) is 18.2 Å². The highest BCUT2D eigenvalue weighted by atomic mass is 35.5. The Morgan fingerprint density at radius 3 is 2.75 bits per heavy atom. The predicted molar refractivity (Wildman–Crippen MR) is 43.2 cm³/mol. The van der Waals surface area contributed by atoms with Crippen molar-refractivity contribution in [3.63, 3.8) is 0 Å². The van der Waals surface area contributed by atoms with E-state index in [4.69, 9.17) is 16.7 Å². The van der Waals surface area contributed by atoms with E-state index >= 15 is 0 Å². The van der Waals surface area contributed by atoms with Gasteiger partial charge in [-0.15, -0.1) is 0 Å². The first-order valence-corrected chi connectivity index (χ1v) is 3.60. The fourth-order valence-corrected chi connectivity index (χ4v) is 1.08. The molecule has 2 nitrogen and oxygen atoms in total. The minimum atomic E-state index is -1.14. The van der Waals surface area contributed by atoms with Gasteiger partial charge in [0.2, 0.25) is 0 Å². The molecule has 0 aliphatic rings. The van der Waals surface area contributed by atoms with E-state index in [0.29, 0.717) is 5.02 Å². The zero-order valence-electron chi connectivity index (χ0n) is 6.05. The first-order chi connectivity index (χ1) is 5.65. The van der Waals surface area contributed by atoms with E-state index in [1.54, 1.807) is 0 Å². The first kappa shape index (κ1) is 9.00. The number of aromatic carboxylic acids is 1. The second-order valence-electron chi connectivity index (χ2n) is 2.24. The molecule has 1 rings (SSSR count). The molecule has 0 atom stereocenters. The topological polar surface area (TPSA) is 37.3 Å². The summed E-state index contributed by atoms with van der Waals surface area (Å²) in [4.78, 5) is 10.5. The number of hydrogen-bond acceptors (Lipinski definition) is 1. The highest BCUT2D eigenvalue weighted by Gasteiger charge is 2.09. The Labute approximate surface area is 73.6 Å². The molecular weight excluding hydrogens is 183 g/mol. The van der Waals surface area contributed by atoms with Gasteiger partial charge in [-0.25, -0.2) is 9.18 Å². The van der Waals surface area contributed by atoms with Crippen LogP contribution in [-0.4, -0.2) is 11.1 Å². The molecule has 0 saturated heterocycles. The van der Waals surface area contributed by atoms with Crippen LogP contribution in [0.15, 0.2) is 18.2 Å². The van der Waals surface area contributed by atoms with E-state index in [0.717, 1.165) is 0 Å². The van der Waals surface area contributed by atoms with Crippen LogP contribution in [0.25, 0.3) is 0 Å². The van der Waals surface area contributed by atoms with Crippen molar-refractivity contribution in [3.8, 4) is 0 Å². The molecule has 0 unspecified atom stereocenters. The number of carboxylic acid groups (broad SMARTS) is 1. The molecule has 0 bridgehead atoms. The highest BCUT2D eigenvalue weighted by molar-refractivity contribution is 6.30. The van der Waals surface area contributed by atoms with E-state index in [2.05, 4.69) is 0 Å². The van der Waals surface area contributed by atoms with Crippen LogP contribution >= 0.6 is 11.6 Å². The lowest BCUT2D eigenvalue weighted by molar-refractivity contribution is 0.0695. The van der Waals surface area contributed by atoms with Crippen molar-refractivity contribution in [2.45, 2.75) is 6.67 Å². The van der Waals surface area contributed by atoms with E-state index < -0.39 is 12.6 Å². The Hall–Kier alpha value is -1.09. The summed E-state index contributed by atoms with van der Waals surface area (Å²) in [5, 5.41) is 8.92. The summed E-state index contributed by atoms with van der Waals surface area (Å²) in [6.07, 6.45) is 0. The maximum absolute atomic E-state index is 12.2. The molecule has 0 amide bonds. The molecule has 0 radical (unpaired) electrons. The van der Waals surface area contributed by atoms with Crippen molar-refractivity contribution in [3.05, 3.63) is 34.3 Å². The average Bonchev–Trinajstić information content (AvgIpc) is 2.03. The third-order valence-corrected chi connectivity index (χ3v) is 1.68. The minimum absolute atomic E-state index is 0.0399.